The highest BCUT2D eigenvalue weighted by molar-refractivity contribution is 5.94. The van der Waals surface area contributed by atoms with Crippen LogP contribution in [0, 0.1) is 11.3 Å². The summed E-state index contributed by atoms with van der Waals surface area (Å²) >= 11 is 0. The lowest BCUT2D eigenvalue weighted by Gasteiger charge is -2.09. The molecule has 1 aromatic carbocycles. The zero-order valence-electron chi connectivity index (χ0n) is 9.36. The second-order valence-corrected chi connectivity index (χ2v) is 3.29. The van der Waals surface area contributed by atoms with Crippen molar-refractivity contribution in [3.63, 3.8) is 0 Å². The maximum Gasteiger partial charge on any atom is 0.252 e. The fraction of sp³-hybridized carbons (Fsp3) is 0.333. The summed E-state index contributed by atoms with van der Waals surface area (Å²) in [5.41, 5.74) is 0.523. The Labute approximate surface area is 94.8 Å². The number of amides is 1. The van der Waals surface area contributed by atoms with Gasteiger partial charge in [-0.05, 0) is 30.7 Å². The molecule has 1 amide bonds. The van der Waals surface area contributed by atoms with Crippen LogP contribution in [0.4, 0.5) is 0 Å². The molecule has 0 aliphatic carbocycles. The van der Waals surface area contributed by atoms with Crippen molar-refractivity contribution in [2.45, 2.75) is 19.4 Å². The number of nitrogens with one attached hydrogen (secondary N) is 1. The Morgan fingerprint density at radius 3 is 2.56 bits per heavy atom. The van der Waals surface area contributed by atoms with Gasteiger partial charge in [0.25, 0.3) is 5.91 Å². The number of nitriles is 1. The van der Waals surface area contributed by atoms with Crippen molar-refractivity contribution in [2.24, 2.45) is 0 Å². The lowest BCUT2D eigenvalue weighted by molar-refractivity contribution is 0.0944. The van der Waals surface area contributed by atoms with Crippen LogP contribution in [0.2, 0.25) is 0 Å². The number of hydrogen-bond donors (Lipinski definition) is 1. The average molecular weight is 218 g/mol. The predicted molar refractivity (Wildman–Crippen MR) is 60.2 cm³/mol. The molecule has 0 saturated heterocycles. The number of methoxy groups -OCH3 is 1. The van der Waals surface area contributed by atoms with Crippen LogP contribution < -0.4 is 10.1 Å². The molecule has 0 radical (unpaired) electrons. The second-order valence-electron chi connectivity index (χ2n) is 3.29. The number of rotatable bonds is 4. The zero-order valence-corrected chi connectivity index (χ0v) is 9.36. The Kier molecular flexibility index (Phi) is 4.34. The fourth-order valence-corrected chi connectivity index (χ4v) is 1.21. The molecule has 1 unspecified atom stereocenters. The molecule has 0 bridgehead atoms. The third kappa shape index (κ3) is 2.99. The molecule has 0 spiro atoms. The van der Waals surface area contributed by atoms with Gasteiger partial charge in [-0.3, -0.25) is 4.79 Å². The van der Waals surface area contributed by atoms with E-state index in [0.717, 1.165) is 0 Å². The fourth-order valence-electron chi connectivity index (χ4n) is 1.21. The first-order valence-corrected chi connectivity index (χ1v) is 5.05. The standard InChI is InChI=1S/C12H14N2O2/c1-3-10(8-13)14-12(15)9-4-6-11(16-2)7-5-9/h4-7,10H,3H2,1-2H3,(H,14,15). The molecule has 0 heterocycles. The number of benzene rings is 1. The molecule has 0 aromatic heterocycles. The predicted octanol–water partition coefficient (Wildman–Crippen LogP) is 1.73. The number of nitrogens with zero attached hydrogens (tertiary/aromatic N) is 1. The second kappa shape index (κ2) is 5.76. The molecule has 0 fully saturated rings. The normalized spacial score (nSPS) is 11.3. The Balaban J connectivity index is 2.70. The van der Waals surface area contributed by atoms with E-state index in [1.807, 2.05) is 13.0 Å². The molecular weight excluding hydrogens is 204 g/mol. The summed E-state index contributed by atoms with van der Waals surface area (Å²) in [4.78, 5) is 11.7. The van der Waals surface area contributed by atoms with E-state index in [2.05, 4.69) is 5.32 Å². The first kappa shape index (κ1) is 12.1. The summed E-state index contributed by atoms with van der Waals surface area (Å²) in [6, 6.07) is 8.33. The Bertz CT molecular complexity index is 392. The van der Waals surface area contributed by atoms with E-state index in [1.165, 1.54) is 0 Å². The maximum atomic E-state index is 11.7. The van der Waals surface area contributed by atoms with Crippen LogP contribution >= 0.6 is 0 Å². The molecule has 0 aliphatic heterocycles. The molecule has 1 N–H and O–H groups in total. The van der Waals surface area contributed by atoms with Gasteiger partial charge in [0.2, 0.25) is 0 Å². The smallest absolute Gasteiger partial charge is 0.252 e. The van der Waals surface area contributed by atoms with Gasteiger partial charge in [0.05, 0.1) is 13.2 Å². The van der Waals surface area contributed by atoms with Gasteiger partial charge in [0.15, 0.2) is 0 Å². The van der Waals surface area contributed by atoms with Crippen LogP contribution in [0.25, 0.3) is 0 Å². The molecule has 0 aliphatic rings. The average Bonchev–Trinajstić information content (AvgIpc) is 2.35. The Morgan fingerprint density at radius 2 is 2.12 bits per heavy atom. The molecule has 4 heteroatoms. The van der Waals surface area contributed by atoms with Crippen molar-refractivity contribution in [1.82, 2.24) is 5.32 Å². The molecule has 16 heavy (non-hydrogen) atoms. The van der Waals surface area contributed by atoms with Crippen molar-refractivity contribution in [3.8, 4) is 11.8 Å². The van der Waals surface area contributed by atoms with Crippen molar-refractivity contribution in [3.05, 3.63) is 29.8 Å². The van der Waals surface area contributed by atoms with Crippen molar-refractivity contribution >= 4 is 5.91 Å². The summed E-state index contributed by atoms with van der Waals surface area (Å²) in [5, 5.41) is 11.3. The van der Waals surface area contributed by atoms with E-state index in [9.17, 15) is 4.79 Å². The van der Waals surface area contributed by atoms with Gasteiger partial charge >= 0.3 is 0 Å². The van der Waals surface area contributed by atoms with Crippen molar-refractivity contribution in [1.29, 1.82) is 5.26 Å². The van der Waals surface area contributed by atoms with Crippen LogP contribution in [0.5, 0.6) is 5.75 Å². The van der Waals surface area contributed by atoms with Gasteiger partial charge in [0, 0.05) is 5.56 Å². The SMILES string of the molecule is CCC(C#N)NC(=O)c1ccc(OC)cc1. The molecule has 1 aromatic rings. The highest BCUT2D eigenvalue weighted by atomic mass is 16.5. The zero-order chi connectivity index (χ0) is 12.0. The highest BCUT2D eigenvalue weighted by Gasteiger charge is 2.10. The van der Waals surface area contributed by atoms with E-state index >= 15 is 0 Å². The van der Waals surface area contributed by atoms with Gasteiger partial charge in [-0.2, -0.15) is 5.26 Å². The summed E-state index contributed by atoms with van der Waals surface area (Å²) in [7, 11) is 1.57. The molecule has 1 atom stereocenters. The molecule has 84 valence electrons. The number of carbonyl (C=O) groups is 1. The van der Waals surface area contributed by atoms with E-state index in [-0.39, 0.29) is 5.91 Å². The van der Waals surface area contributed by atoms with Crippen LogP contribution in [-0.4, -0.2) is 19.1 Å². The minimum Gasteiger partial charge on any atom is -0.497 e. The topological polar surface area (TPSA) is 62.1 Å². The number of ether oxygens (including phenoxy) is 1. The molecular formula is C12H14N2O2. The van der Waals surface area contributed by atoms with Gasteiger partial charge < -0.3 is 10.1 Å². The largest absolute Gasteiger partial charge is 0.497 e. The van der Waals surface area contributed by atoms with E-state index < -0.39 is 6.04 Å². The van der Waals surface area contributed by atoms with Crippen molar-refractivity contribution in [2.75, 3.05) is 7.11 Å². The molecule has 0 saturated carbocycles. The van der Waals surface area contributed by atoms with E-state index in [0.29, 0.717) is 17.7 Å². The quantitative estimate of drug-likeness (QED) is 0.837. The van der Waals surface area contributed by atoms with E-state index in [4.69, 9.17) is 10.00 Å². The van der Waals surface area contributed by atoms with Crippen LogP contribution in [0.3, 0.4) is 0 Å². The van der Waals surface area contributed by atoms with Crippen LogP contribution in [0.15, 0.2) is 24.3 Å². The first-order valence-electron chi connectivity index (χ1n) is 5.05. The van der Waals surface area contributed by atoms with Gasteiger partial charge in [-0.1, -0.05) is 6.92 Å². The molecule has 4 nitrogen and oxygen atoms in total. The molecule has 1 rings (SSSR count). The lowest BCUT2D eigenvalue weighted by Crippen LogP contribution is -2.33. The first-order chi connectivity index (χ1) is 7.71. The highest BCUT2D eigenvalue weighted by Crippen LogP contribution is 2.11. The maximum absolute atomic E-state index is 11.7. The lowest BCUT2D eigenvalue weighted by atomic mass is 10.2. The van der Waals surface area contributed by atoms with Crippen LogP contribution in [-0.2, 0) is 0 Å². The minimum absolute atomic E-state index is 0.240. The Morgan fingerprint density at radius 1 is 1.50 bits per heavy atom. The third-order valence-electron chi connectivity index (χ3n) is 2.22. The third-order valence-corrected chi connectivity index (χ3v) is 2.22. The van der Waals surface area contributed by atoms with E-state index in [1.54, 1.807) is 31.4 Å². The summed E-state index contributed by atoms with van der Waals surface area (Å²) in [5.74, 6) is 0.458. The number of hydrogen-bond acceptors (Lipinski definition) is 3. The van der Waals surface area contributed by atoms with Gasteiger partial charge in [-0.15, -0.1) is 0 Å². The summed E-state index contributed by atoms with van der Waals surface area (Å²) in [6.07, 6.45) is 0.596. The van der Waals surface area contributed by atoms with Gasteiger partial charge in [0.1, 0.15) is 11.8 Å². The Hall–Kier alpha value is -2.02. The van der Waals surface area contributed by atoms with Crippen molar-refractivity contribution < 1.29 is 9.53 Å². The monoisotopic (exact) mass is 218 g/mol. The van der Waals surface area contributed by atoms with Crippen LogP contribution in [0.1, 0.15) is 23.7 Å². The van der Waals surface area contributed by atoms with Gasteiger partial charge in [-0.25, -0.2) is 0 Å². The summed E-state index contributed by atoms with van der Waals surface area (Å²) in [6.45, 7) is 1.85. The minimum atomic E-state index is -0.436. The number of carbonyl (C=O) groups excluding carboxylic acids is 1. The summed E-state index contributed by atoms with van der Waals surface area (Å²) < 4.78 is 4.99.